The van der Waals surface area contributed by atoms with Gasteiger partial charge in [0.05, 0.1) is 5.56 Å². The molecule has 2 rings (SSSR count). The molecule has 3 nitrogen and oxygen atoms in total. The van der Waals surface area contributed by atoms with Gasteiger partial charge in [0, 0.05) is 18.0 Å². The van der Waals surface area contributed by atoms with E-state index in [0.717, 1.165) is 12.1 Å². The van der Waals surface area contributed by atoms with Crippen LogP contribution in [-0.2, 0) is 13.1 Å². The minimum absolute atomic E-state index is 0.335. The largest absolute Gasteiger partial charge is 0.478 e. The van der Waals surface area contributed by atoms with Crippen LogP contribution in [0.3, 0.4) is 0 Å². The lowest BCUT2D eigenvalue weighted by molar-refractivity contribution is 0.0696. The Morgan fingerprint density at radius 1 is 1.33 bits per heavy atom. The fraction of sp³-hybridized carbons (Fsp3) is 0.214. The normalized spacial score (nSPS) is 10.5. The lowest BCUT2D eigenvalue weighted by Crippen LogP contribution is -2.12. The number of hydrogen-bond donors (Lipinski definition) is 2. The lowest BCUT2D eigenvalue weighted by Gasteiger charge is -2.05. The molecule has 0 aliphatic carbocycles. The van der Waals surface area contributed by atoms with Gasteiger partial charge in [-0.25, -0.2) is 4.79 Å². The molecule has 0 fully saturated rings. The average Bonchev–Trinajstić information content (AvgIpc) is 2.76. The number of carboxylic acids is 1. The van der Waals surface area contributed by atoms with Crippen molar-refractivity contribution in [1.29, 1.82) is 0 Å². The summed E-state index contributed by atoms with van der Waals surface area (Å²) in [5, 5.41) is 14.3. The Morgan fingerprint density at radius 3 is 2.83 bits per heavy atom. The fourth-order valence-corrected chi connectivity index (χ4v) is 2.60. The second-order valence-corrected chi connectivity index (χ2v) is 5.14. The first kappa shape index (κ1) is 12.8. The van der Waals surface area contributed by atoms with Crippen LogP contribution in [0.5, 0.6) is 0 Å². The maximum absolute atomic E-state index is 10.8. The summed E-state index contributed by atoms with van der Waals surface area (Å²) in [5.41, 5.74) is 2.62. The molecule has 1 aromatic heterocycles. The van der Waals surface area contributed by atoms with Gasteiger partial charge >= 0.3 is 5.97 Å². The SMILES string of the molecule is Cc1ccsc1CNCc1cccc(C(=O)O)c1. The molecule has 0 radical (unpaired) electrons. The van der Waals surface area contributed by atoms with E-state index in [0.29, 0.717) is 12.1 Å². The molecule has 4 heteroatoms. The van der Waals surface area contributed by atoms with Gasteiger partial charge < -0.3 is 10.4 Å². The highest BCUT2D eigenvalue weighted by Crippen LogP contribution is 2.15. The molecule has 0 unspecified atom stereocenters. The molecule has 0 saturated heterocycles. The van der Waals surface area contributed by atoms with E-state index in [1.54, 1.807) is 29.5 Å². The van der Waals surface area contributed by atoms with Crippen LogP contribution in [0.25, 0.3) is 0 Å². The van der Waals surface area contributed by atoms with Gasteiger partial charge in [-0.05, 0) is 41.6 Å². The molecule has 0 atom stereocenters. The Bertz CT molecular complexity index is 548. The maximum Gasteiger partial charge on any atom is 0.335 e. The second kappa shape index (κ2) is 5.80. The number of carbonyl (C=O) groups is 1. The standard InChI is InChI=1S/C14H15NO2S/c1-10-5-6-18-13(10)9-15-8-11-3-2-4-12(7-11)14(16)17/h2-7,15H,8-9H2,1H3,(H,16,17). The minimum atomic E-state index is -0.883. The number of hydrogen-bond acceptors (Lipinski definition) is 3. The molecule has 0 aliphatic heterocycles. The van der Waals surface area contributed by atoms with E-state index in [9.17, 15) is 4.79 Å². The molecular formula is C14H15NO2S. The Kier molecular flexibility index (Phi) is 4.12. The van der Waals surface area contributed by atoms with Crippen molar-refractivity contribution < 1.29 is 9.90 Å². The highest BCUT2D eigenvalue weighted by Gasteiger charge is 2.03. The van der Waals surface area contributed by atoms with Crippen molar-refractivity contribution in [3.05, 3.63) is 57.3 Å². The van der Waals surface area contributed by atoms with Crippen LogP contribution in [0.4, 0.5) is 0 Å². The molecule has 2 aromatic rings. The van der Waals surface area contributed by atoms with E-state index in [4.69, 9.17) is 5.11 Å². The quantitative estimate of drug-likeness (QED) is 0.869. The summed E-state index contributed by atoms with van der Waals surface area (Å²) < 4.78 is 0. The smallest absolute Gasteiger partial charge is 0.335 e. The predicted molar refractivity (Wildman–Crippen MR) is 73.0 cm³/mol. The highest BCUT2D eigenvalue weighted by molar-refractivity contribution is 7.10. The van der Waals surface area contributed by atoms with Crippen LogP contribution in [0, 0.1) is 6.92 Å². The Labute approximate surface area is 110 Å². The summed E-state index contributed by atoms with van der Waals surface area (Å²) in [6, 6.07) is 9.12. The molecule has 18 heavy (non-hydrogen) atoms. The summed E-state index contributed by atoms with van der Waals surface area (Å²) in [5.74, 6) is -0.883. The number of carboxylic acid groups (broad SMARTS) is 1. The van der Waals surface area contributed by atoms with Gasteiger partial charge in [-0.3, -0.25) is 0 Å². The zero-order chi connectivity index (χ0) is 13.0. The van der Waals surface area contributed by atoms with Gasteiger partial charge in [0.15, 0.2) is 0 Å². The van der Waals surface area contributed by atoms with Crippen molar-refractivity contribution in [2.75, 3.05) is 0 Å². The predicted octanol–water partition coefficient (Wildman–Crippen LogP) is 3.04. The van der Waals surface area contributed by atoms with E-state index in [1.165, 1.54) is 10.4 Å². The summed E-state index contributed by atoms with van der Waals surface area (Å²) >= 11 is 1.74. The monoisotopic (exact) mass is 261 g/mol. The number of nitrogens with one attached hydrogen (secondary N) is 1. The van der Waals surface area contributed by atoms with E-state index < -0.39 is 5.97 Å². The zero-order valence-corrected chi connectivity index (χ0v) is 11.0. The van der Waals surface area contributed by atoms with Crippen molar-refractivity contribution in [1.82, 2.24) is 5.32 Å². The Balaban J connectivity index is 1.92. The van der Waals surface area contributed by atoms with E-state index in [1.807, 2.05) is 6.07 Å². The molecule has 0 amide bonds. The molecule has 1 aromatic carbocycles. The van der Waals surface area contributed by atoms with Crippen molar-refractivity contribution in [2.45, 2.75) is 20.0 Å². The topological polar surface area (TPSA) is 49.3 Å². The number of aryl methyl sites for hydroxylation is 1. The van der Waals surface area contributed by atoms with Gasteiger partial charge in [-0.2, -0.15) is 0 Å². The van der Waals surface area contributed by atoms with Crippen molar-refractivity contribution >= 4 is 17.3 Å². The van der Waals surface area contributed by atoms with Crippen LogP contribution < -0.4 is 5.32 Å². The van der Waals surface area contributed by atoms with Gasteiger partial charge in [0.1, 0.15) is 0 Å². The molecule has 0 spiro atoms. The van der Waals surface area contributed by atoms with Crippen molar-refractivity contribution in [3.8, 4) is 0 Å². The molecule has 0 saturated carbocycles. The van der Waals surface area contributed by atoms with E-state index in [-0.39, 0.29) is 0 Å². The van der Waals surface area contributed by atoms with Crippen molar-refractivity contribution in [3.63, 3.8) is 0 Å². The van der Waals surface area contributed by atoms with Crippen LogP contribution in [0.1, 0.15) is 26.4 Å². The van der Waals surface area contributed by atoms with Crippen LogP contribution in [0.15, 0.2) is 35.7 Å². The molecular weight excluding hydrogens is 246 g/mol. The summed E-state index contributed by atoms with van der Waals surface area (Å²) in [6.45, 7) is 3.60. The summed E-state index contributed by atoms with van der Waals surface area (Å²) in [4.78, 5) is 12.2. The third-order valence-electron chi connectivity index (χ3n) is 2.76. The first-order chi connectivity index (χ1) is 8.66. The fourth-order valence-electron chi connectivity index (χ4n) is 1.72. The first-order valence-electron chi connectivity index (χ1n) is 5.73. The third-order valence-corrected chi connectivity index (χ3v) is 3.78. The molecule has 94 valence electrons. The van der Waals surface area contributed by atoms with Gasteiger partial charge in [-0.1, -0.05) is 12.1 Å². The second-order valence-electron chi connectivity index (χ2n) is 4.14. The molecule has 2 N–H and O–H groups in total. The highest BCUT2D eigenvalue weighted by atomic mass is 32.1. The molecule has 1 heterocycles. The van der Waals surface area contributed by atoms with Crippen LogP contribution in [-0.4, -0.2) is 11.1 Å². The van der Waals surface area contributed by atoms with Crippen LogP contribution in [0.2, 0.25) is 0 Å². The zero-order valence-electron chi connectivity index (χ0n) is 10.1. The Morgan fingerprint density at radius 2 is 2.17 bits per heavy atom. The lowest BCUT2D eigenvalue weighted by atomic mass is 10.1. The summed E-state index contributed by atoms with van der Waals surface area (Å²) in [7, 11) is 0. The number of rotatable bonds is 5. The van der Waals surface area contributed by atoms with Crippen molar-refractivity contribution in [2.24, 2.45) is 0 Å². The maximum atomic E-state index is 10.8. The van der Waals surface area contributed by atoms with Gasteiger partial charge in [0.2, 0.25) is 0 Å². The number of thiophene rings is 1. The number of aromatic carboxylic acids is 1. The molecule has 0 aliphatic rings. The average molecular weight is 261 g/mol. The minimum Gasteiger partial charge on any atom is -0.478 e. The van der Waals surface area contributed by atoms with Crippen LogP contribution >= 0.6 is 11.3 Å². The molecule has 0 bridgehead atoms. The third kappa shape index (κ3) is 3.18. The first-order valence-corrected chi connectivity index (χ1v) is 6.60. The Hall–Kier alpha value is -1.65. The van der Waals surface area contributed by atoms with E-state index >= 15 is 0 Å². The van der Waals surface area contributed by atoms with E-state index in [2.05, 4.69) is 23.7 Å². The van der Waals surface area contributed by atoms with Gasteiger partial charge in [-0.15, -0.1) is 11.3 Å². The summed E-state index contributed by atoms with van der Waals surface area (Å²) in [6.07, 6.45) is 0. The van der Waals surface area contributed by atoms with Gasteiger partial charge in [0.25, 0.3) is 0 Å². The number of benzene rings is 1.